The SMILES string of the molecule is COC(=O)C1CCN(C(=O)C[C@@H]2CSc3nc(C(C)C)cc(=O)n32)CC1. The average molecular weight is 379 g/mol. The van der Waals surface area contributed by atoms with E-state index in [9.17, 15) is 14.4 Å². The molecule has 1 amide bonds. The van der Waals surface area contributed by atoms with Crippen molar-refractivity contribution in [2.75, 3.05) is 26.0 Å². The molecule has 1 aromatic rings. The third-order valence-electron chi connectivity index (χ3n) is 5.09. The molecular formula is C18H25N3O4S. The fourth-order valence-corrected chi connectivity index (χ4v) is 4.63. The maximum absolute atomic E-state index is 12.7. The molecule has 0 aromatic carbocycles. The number of fused-ring (bicyclic) bond motifs is 1. The lowest BCUT2D eigenvalue weighted by molar-refractivity contribution is -0.149. The van der Waals surface area contributed by atoms with E-state index < -0.39 is 0 Å². The third-order valence-corrected chi connectivity index (χ3v) is 6.19. The van der Waals surface area contributed by atoms with Gasteiger partial charge in [-0.15, -0.1) is 0 Å². The lowest BCUT2D eigenvalue weighted by atomic mass is 9.96. The highest BCUT2D eigenvalue weighted by atomic mass is 32.2. The van der Waals surface area contributed by atoms with Gasteiger partial charge in [0.15, 0.2) is 5.16 Å². The zero-order valence-electron chi connectivity index (χ0n) is 15.4. The first kappa shape index (κ1) is 18.9. The normalized spacial score (nSPS) is 20.3. The summed E-state index contributed by atoms with van der Waals surface area (Å²) in [5, 5.41) is 0.711. The summed E-state index contributed by atoms with van der Waals surface area (Å²) in [6.45, 7) is 5.14. The molecule has 2 aliphatic rings. The zero-order valence-corrected chi connectivity index (χ0v) is 16.3. The number of rotatable bonds is 4. The molecule has 0 aliphatic carbocycles. The van der Waals surface area contributed by atoms with Crippen molar-refractivity contribution in [2.45, 2.75) is 50.2 Å². The molecule has 0 radical (unpaired) electrons. The quantitative estimate of drug-likeness (QED) is 0.586. The van der Waals surface area contributed by atoms with Gasteiger partial charge >= 0.3 is 5.97 Å². The molecule has 0 unspecified atom stereocenters. The second-order valence-corrected chi connectivity index (χ2v) is 8.16. The van der Waals surface area contributed by atoms with Crippen molar-refractivity contribution < 1.29 is 14.3 Å². The van der Waals surface area contributed by atoms with Gasteiger partial charge in [-0.25, -0.2) is 4.98 Å². The fourth-order valence-electron chi connectivity index (χ4n) is 3.48. The van der Waals surface area contributed by atoms with Gasteiger partial charge in [-0.3, -0.25) is 19.0 Å². The first-order valence-electron chi connectivity index (χ1n) is 9.02. The van der Waals surface area contributed by atoms with Crippen molar-refractivity contribution in [1.29, 1.82) is 0 Å². The summed E-state index contributed by atoms with van der Waals surface area (Å²) in [5.41, 5.74) is 0.719. The number of carbonyl (C=O) groups is 2. The summed E-state index contributed by atoms with van der Waals surface area (Å²) in [7, 11) is 1.39. The van der Waals surface area contributed by atoms with Crippen molar-refractivity contribution in [3.63, 3.8) is 0 Å². The standard InChI is InChI=1S/C18H25N3O4S/c1-11(2)14-9-16(23)21-13(10-26-18(21)19-14)8-15(22)20-6-4-12(5-7-20)17(24)25-3/h9,11-13H,4-8,10H2,1-3H3/t13-/m1/s1. The van der Waals surface area contributed by atoms with Crippen LogP contribution in [0.1, 0.15) is 50.8 Å². The smallest absolute Gasteiger partial charge is 0.308 e. The van der Waals surface area contributed by atoms with Crippen LogP contribution in [0.4, 0.5) is 0 Å². The summed E-state index contributed by atoms with van der Waals surface area (Å²) >= 11 is 1.54. The number of nitrogens with zero attached hydrogens (tertiary/aromatic N) is 3. The Morgan fingerprint density at radius 2 is 2.04 bits per heavy atom. The number of aromatic nitrogens is 2. The molecule has 1 aromatic heterocycles. The molecule has 1 atom stereocenters. The predicted molar refractivity (Wildman–Crippen MR) is 98.3 cm³/mol. The molecule has 0 bridgehead atoms. The summed E-state index contributed by atoms with van der Waals surface area (Å²) in [6.07, 6.45) is 1.56. The van der Waals surface area contributed by atoms with Crippen molar-refractivity contribution in [1.82, 2.24) is 14.5 Å². The van der Waals surface area contributed by atoms with Gasteiger partial charge in [0.2, 0.25) is 5.91 Å². The maximum Gasteiger partial charge on any atom is 0.308 e. The van der Waals surface area contributed by atoms with E-state index >= 15 is 0 Å². The molecule has 0 N–H and O–H groups in total. The van der Waals surface area contributed by atoms with E-state index in [0.29, 0.717) is 43.3 Å². The van der Waals surface area contributed by atoms with Crippen molar-refractivity contribution in [3.8, 4) is 0 Å². The number of ether oxygens (including phenoxy) is 1. The van der Waals surface area contributed by atoms with Crippen LogP contribution in [0.2, 0.25) is 0 Å². The van der Waals surface area contributed by atoms with E-state index in [0.717, 1.165) is 5.69 Å². The maximum atomic E-state index is 12.7. The number of esters is 1. The van der Waals surface area contributed by atoms with Crippen LogP contribution in [-0.2, 0) is 14.3 Å². The van der Waals surface area contributed by atoms with Crippen molar-refractivity contribution >= 4 is 23.6 Å². The molecule has 1 fully saturated rings. The molecule has 26 heavy (non-hydrogen) atoms. The van der Waals surface area contributed by atoms with Gasteiger partial charge in [0, 0.05) is 31.3 Å². The van der Waals surface area contributed by atoms with Crippen LogP contribution >= 0.6 is 11.8 Å². The first-order chi connectivity index (χ1) is 12.4. The molecule has 8 heteroatoms. The van der Waals surface area contributed by atoms with E-state index in [1.54, 1.807) is 15.5 Å². The molecule has 3 heterocycles. The topological polar surface area (TPSA) is 81.5 Å². The lowest BCUT2D eigenvalue weighted by Gasteiger charge is -2.31. The Kier molecular flexibility index (Phi) is 5.70. The lowest BCUT2D eigenvalue weighted by Crippen LogP contribution is -2.41. The van der Waals surface area contributed by atoms with Gasteiger partial charge in [-0.1, -0.05) is 25.6 Å². The molecular weight excluding hydrogens is 354 g/mol. The largest absolute Gasteiger partial charge is 0.469 e. The number of hydrogen-bond donors (Lipinski definition) is 0. The van der Waals surface area contributed by atoms with Crippen LogP contribution < -0.4 is 5.56 Å². The Morgan fingerprint density at radius 1 is 1.35 bits per heavy atom. The van der Waals surface area contributed by atoms with Crippen LogP contribution in [-0.4, -0.2) is 52.3 Å². The average Bonchev–Trinajstić information content (AvgIpc) is 3.04. The molecule has 1 saturated heterocycles. The highest BCUT2D eigenvalue weighted by molar-refractivity contribution is 7.99. The van der Waals surface area contributed by atoms with Crippen LogP contribution in [0.3, 0.4) is 0 Å². The zero-order chi connectivity index (χ0) is 18.8. The van der Waals surface area contributed by atoms with E-state index in [4.69, 9.17) is 4.74 Å². The third kappa shape index (κ3) is 3.79. The number of hydrogen-bond acceptors (Lipinski definition) is 6. The minimum Gasteiger partial charge on any atom is -0.469 e. The molecule has 7 nitrogen and oxygen atoms in total. The molecule has 3 rings (SSSR count). The van der Waals surface area contributed by atoms with E-state index in [1.165, 1.54) is 18.9 Å². The van der Waals surface area contributed by atoms with Crippen LogP contribution in [0.25, 0.3) is 0 Å². The van der Waals surface area contributed by atoms with Crippen molar-refractivity contribution in [3.05, 3.63) is 22.1 Å². The molecule has 0 saturated carbocycles. The minimum absolute atomic E-state index is 0.0339. The Hall–Kier alpha value is -1.83. The minimum atomic E-state index is -0.197. The second kappa shape index (κ2) is 7.82. The summed E-state index contributed by atoms with van der Waals surface area (Å²) in [6, 6.07) is 1.43. The van der Waals surface area contributed by atoms with Gasteiger partial charge in [0.1, 0.15) is 0 Å². The molecule has 142 valence electrons. The predicted octanol–water partition coefficient (Wildman–Crippen LogP) is 1.82. The van der Waals surface area contributed by atoms with Crippen LogP contribution in [0, 0.1) is 5.92 Å². The summed E-state index contributed by atoms with van der Waals surface area (Å²) < 4.78 is 6.44. The number of carbonyl (C=O) groups excluding carboxylic acids is 2. The second-order valence-electron chi connectivity index (χ2n) is 7.17. The number of likely N-dealkylation sites (tertiary alicyclic amines) is 1. The van der Waals surface area contributed by atoms with Crippen LogP contribution in [0.5, 0.6) is 0 Å². The number of methoxy groups -OCH3 is 1. The number of piperidine rings is 1. The summed E-state index contributed by atoms with van der Waals surface area (Å²) in [5.74, 6) is 0.608. The number of thioether (sulfide) groups is 1. The molecule has 2 aliphatic heterocycles. The van der Waals surface area contributed by atoms with Gasteiger partial charge in [-0.05, 0) is 18.8 Å². The van der Waals surface area contributed by atoms with Gasteiger partial charge in [0.05, 0.1) is 24.8 Å². The Labute approximate surface area is 157 Å². The van der Waals surface area contributed by atoms with Crippen LogP contribution in [0.15, 0.2) is 16.0 Å². The summed E-state index contributed by atoms with van der Waals surface area (Å²) in [4.78, 5) is 43.1. The Balaban J connectivity index is 1.64. The van der Waals surface area contributed by atoms with Gasteiger partial charge < -0.3 is 9.64 Å². The highest BCUT2D eigenvalue weighted by Crippen LogP contribution is 2.33. The van der Waals surface area contributed by atoms with E-state index in [-0.39, 0.29) is 35.3 Å². The molecule has 0 spiro atoms. The van der Waals surface area contributed by atoms with Crippen molar-refractivity contribution in [2.24, 2.45) is 5.92 Å². The fraction of sp³-hybridized carbons (Fsp3) is 0.667. The van der Waals surface area contributed by atoms with Gasteiger partial charge in [0.25, 0.3) is 5.56 Å². The highest BCUT2D eigenvalue weighted by Gasteiger charge is 2.32. The first-order valence-corrected chi connectivity index (χ1v) is 10.0. The van der Waals surface area contributed by atoms with E-state index in [1.807, 2.05) is 13.8 Å². The van der Waals surface area contributed by atoms with E-state index in [2.05, 4.69) is 4.98 Å². The Bertz CT molecular complexity index is 753. The number of amides is 1. The van der Waals surface area contributed by atoms with Gasteiger partial charge in [-0.2, -0.15) is 0 Å². The Morgan fingerprint density at radius 3 is 2.65 bits per heavy atom. The monoisotopic (exact) mass is 379 g/mol.